The van der Waals surface area contributed by atoms with Crippen molar-refractivity contribution >= 4 is 11.3 Å². The zero-order valence-corrected chi connectivity index (χ0v) is 17.3. The van der Waals surface area contributed by atoms with Gasteiger partial charge in [0, 0.05) is 30.4 Å². The number of hydrogen-bond donors (Lipinski definition) is 1. The first-order valence-corrected chi connectivity index (χ1v) is 10.2. The van der Waals surface area contributed by atoms with Crippen molar-refractivity contribution in [3.8, 4) is 28.7 Å². The van der Waals surface area contributed by atoms with E-state index in [-0.39, 0.29) is 0 Å². The van der Waals surface area contributed by atoms with E-state index in [1.165, 1.54) is 0 Å². The summed E-state index contributed by atoms with van der Waals surface area (Å²) in [6, 6.07) is 17.2. The van der Waals surface area contributed by atoms with Gasteiger partial charge in [-0.25, -0.2) is 14.2 Å². The molecule has 0 atom stereocenters. The Bertz CT molecular complexity index is 1460. The fourth-order valence-electron chi connectivity index (χ4n) is 3.73. The fraction of sp³-hybridized carbons (Fsp3) is 0.130. The number of nitrogen functional groups attached to an aromatic ring is 1. The third-order valence-corrected chi connectivity index (χ3v) is 5.20. The molecule has 4 heterocycles. The van der Waals surface area contributed by atoms with E-state index in [1.807, 2.05) is 43.3 Å². The molecule has 0 saturated heterocycles. The highest BCUT2D eigenvalue weighted by Crippen LogP contribution is 2.33. The molecule has 9 nitrogen and oxygen atoms in total. The summed E-state index contributed by atoms with van der Waals surface area (Å²) < 4.78 is 3.57. The summed E-state index contributed by atoms with van der Waals surface area (Å²) in [6.07, 6.45) is 4.01. The summed E-state index contributed by atoms with van der Waals surface area (Å²) in [5, 5.41) is 22.5. The van der Waals surface area contributed by atoms with E-state index in [4.69, 9.17) is 15.8 Å². The van der Waals surface area contributed by atoms with Crippen molar-refractivity contribution in [1.82, 2.24) is 34.6 Å². The van der Waals surface area contributed by atoms with Crippen LogP contribution in [0.2, 0.25) is 0 Å². The Morgan fingerprint density at radius 3 is 2.78 bits per heavy atom. The monoisotopic (exact) mass is 421 g/mol. The third kappa shape index (κ3) is 3.33. The summed E-state index contributed by atoms with van der Waals surface area (Å²) in [4.78, 5) is 9.12. The molecule has 0 fully saturated rings. The average Bonchev–Trinajstić information content (AvgIpc) is 3.47. The summed E-state index contributed by atoms with van der Waals surface area (Å²) in [5.41, 5.74) is 12.2. The molecule has 4 aromatic heterocycles. The molecule has 0 aliphatic carbocycles. The molecule has 9 heteroatoms. The normalized spacial score (nSPS) is 11.0. The van der Waals surface area contributed by atoms with Gasteiger partial charge in [-0.2, -0.15) is 10.4 Å². The highest BCUT2D eigenvalue weighted by molar-refractivity contribution is 5.83. The minimum atomic E-state index is 0.349. The lowest BCUT2D eigenvalue weighted by molar-refractivity contribution is 0.630. The molecule has 0 saturated carbocycles. The lowest BCUT2D eigenvalue weighted by Gasteiger charge is -2.13. The number of rotatable bonds is 5. The van der Waals surface area contributed by atoms with Crippen LogP contribution in [0.1, 0.15) is 23.9 Å². The molecule has 156 valence electrons. The summed E-state index contributed by atoms with van der Waals surface area (Å²) in [6.45, 7) is 2.62. The number of aryl methyl sites for hydroxylation is 1. The number of nitrogens with zero attached hydrogens (tertiary/aromatic N) is 8. The third-order valence-electron chi connectivity index (χ3n) is 5.20. The summed E-state index contributed by atoms with van der Waals surface area (Å²) in [7, 11) is 0. The highest BCUT2D eigenvalue weighted by atomic mass is 15.4. The van der Waals surface area contributed by atoms with E-state index in [1.54, 1.807) is 33.7 Å². The average molecular weight is 421 g/mol. The number of benzene rings is 1. The van der Waals surface area contributed by atoms with E-state index in [2.05, 4.69) is 21.4 Å². The molecule has 0 bridgehead atoms. The molecule has 0 spiro atoms. The van der Waals surface area contributed by atoms with Crippen LogP contribution in [0.5, 0.6) is 0 Å². The lowest BCUT2D eigenvalue weighted by atomic mass is 10.0. The fourth-order valence-corrected chi connectivity index (χ4v) is 3.73. The number of anilines is 1. The molecular weight excluding hydrogens is 402 g/mol. The van der Waals surface area contributed by atoms with Crippen LogP contribution in [0.15, 0.2) is 60.9 Å². The molecule has 32 heavy (non-hydrogen) atoms. The van der Waals surface area contributed by atoms with E-state index in [9.17, 15) is 5.26 Å². The maximum absolute atomic E-state index is 9.37. The summed E-state index contributed by atoms with van der Waals surface area (Å²) >= 11 is 0. The van der Waals surface area contributed by atoms with Crippen molar-refractivity contribution in [2.24, 2.45) is 0 Å². The molecule has 0 amide bonds. The Balaban J connectivity index is 1.78. The van der Waals surface area contributed by atoms with Gasteiger partial charge in [0.1, 0.15) is 28.4 Å². The Labute approximate surface area is 183 Å². The molecule has 5 aromatic rings. The van der Waals surface area contributed by atoms with Crippen molar-refractivity contribution in [3.63, 3.8) is 0 Å². The smallest absolute Gasteiger partial charge is 0.150 e. The van der Waals surface area contributed by atoms with Crippen molar-refractivity contribution in [2.45, 2.75) is 19.9 Å². The van der Waals surface area contributed by atoms with Crippen LogP contribution in [0.25, 0.3) is 28.2 Å². The van der Waals surface area contributed by atoms with Gasteiger partial charge in [-0.05, 0) is 37.3 Å². The Hall–Kier alpha value is -4.58. The molecule has 0 radical (unpaired) electrons. The summed E-state index contributed by atoms with van der Waals surface area (Å²) in [5.74, 6) is 0.349. The van der Waals surface area contributed by atoms with Gasteiger partial charge in [0.05, 0.1) is 23.5 Å². The number of fused-ring (bicyclic) bond motifs is 1. The Morgan fingerprint density at radius 2 is 2.00 bits per heavy atom. The van der Waals surface area contributed by atoms with Gasteiger partial charge in [-0.1, -0.05) is 23.4 Å². The van der Waals surface area contributed by atoms with Crippen molar-refractivity contribution in [1.29, 1.82) is 5.26 Å². The number of nitrogens with two attached hydrogens (primary N) is 1. The van der Waals surface area contributed by atoms with E-state index < -0.39 is 0 Å². The maximum Gasteiger partial charge on any atom is 0.150 e. The second-order valence-corrected chi connectivity index (χ2v) is 7.25. The number of pyridine rings is 1. The molecule has 0 aliphatic rings. The van der Waals surface area contributed by atoms with Crippen LogP contribution in [0, 0.1) is 11.3 Å². The van der Waals surface area contributed by atoms with Crippen LogP contribution in [0.3, 0.4) is 0 Å². The zero-order chi connectivity index (χ0) is 22.1. The highest BCUT2D eigenvalue weighted by Gasteiger charge is 2.22. The minimum Gasteiger partial charge on any atom is -0.382 e. The van der Waals surface area contributed by atoms with E-state index >= 15 is 0 Å². The SMILES string of the molecule is CCn1nncc1-c1c(-c2cccc(C#N)c2)nc(N)c2cc(Cc3ccccn3)nn12. The second kappa shape index (κ2) is 7.92. The van der Waals surface area contributed by atoms with E-state index in [0.29, 0.717) is 41.3 Å². The van der Waals surface area contributed by atoms with Crippen molar-refractivity contribution < 1.29 is 0 Å². The van der Waals surface area contributed by atoms with Gasteiger partial charge in [0.25, 0.3) is 0 Å². The van der Waals surface area contributed by atoms with Gasteiger partial charge in [0.2, 0.25) is 0 Å². The van der Waals surface area contributed by atoms with Crippen LogP contribution >= 0.6 is 0 Å². The van der Waals surface area contributed by atoms with Gasteiger partial charge < -0.3 is 5.73 Å². The predicted molar refractivity (Wildman–Crippen MR) is 119 cm³/mol. The molecule has 2 N–H and O–H groups in total. The van der Waals surface area contributed by atoms with E-state index in [0.717, 1.165) is 22.6 Å². The second-order valence-electron chi connectivity index (χ2n) is 7.25. The quantitative estimate of drug-likeness (QED) is 0.462. The number of aromatic nitrogens is 7. The molecule has 5 rings (SSSR count). The van der Waals surface area contributed by atoms with Crippen LogP contribution in [-0.4, -0.2) is 34.6 Å². The minimum absolute atomic E-state index is 0.349. The Kier molecular flexibility index (Phi) is 4.80. The Morgan fingerprint density at radius 1 is 1.09 bits per heavy atom. The molecule has 0 aliphatic heterocycles. The molecule has 1 aromatic carbocycles. The predicted octanol–water partition coefficient (Wildman–Crippen LogP) is 3.11. The molecule has 0 unspecified atom stereocenters. The van der Waals surface area contributed by atoms with Crippen molar-refractivity contribution in [2.75, 3.05) is 5.73 Å². The van der Waals surface area contributed by atoms with Crippen LogP contribution in [0.4, 0.5) is 5.82 Å². The van der Waals surface area contributed by atoms with Gasteiger partial charge >= 0.3 is 0 Å². The first-order valence-electron chi connectivity index (χ1n) is 10.2. The number of hydrogen-bond acceptors (Lipinski definition) is 7. The standard InChI is InChI=1S/C23H19N9/c1-2-31-20(14-27-30-31)22-21(16-7-5-6-15(10-16)13-24)28-23(25)19-12-18(29-32(19)22)11-17-8-3-4-9-26-17/h3-10,12,14H,2,11H2,1H3,(H2,25,28). The van der Waals surface area contributed by atoms with Crippen LogP contribution in [-0.2, 0) is 13.0 Å². The van der Waals surface area contributed by atoms with Gasteiger partial charge in [-0.15, -0.1) is 5.10 Å². The topological polar surface area (TPSA) is 124 Å². The lowest BCUT2D eigenvalue weighted by Crippen LogP contribution is -2.08. The van der Waals surface area contributed by atoms with Gasteiger partial charge in [-0.3, -0.25) is 4.98 Å². The first-order chi connectivity index (χ1) is 15.7. The maximum atomic E-state index is 9.37. The molecular formula is C23H19N9. The van der Waals surface area contributed by atoms with Crippen LogP contribution < -0.4 is 5.73 Å². The largest absolute Gasteiger partial charge is 0.382 e. The van der Waals surface area contributed by atoms with Crippen molar-refractivity contribution in [3.05, 3.63) is 77.9 Å². The number of nitriles is 1. The first kappa shape index (κ1) is 19.4. The zero-order valence-electron chi connectivity index (χ0n) is 17.3. The van der Waals surface area contributed by atoms with Gasteiger partial charge in [0.15, 0.2) is 0 Å².